The zero-order valence-electron chi connectivity index (χ0n) is 49.8. The van der Waals surface area contributed by atoms with Crippen LogP contribution in [0.4, 0.5) is 0 Å². The summed E-state index contributed by atoms with van der Waals surface area (Å²) >= 11 is 0. The number of hydrogen-bond acceptors (Lipinski definition) is 5. The molecule has 2 atom stereocenters. The third kappa shape index (κ3) is 59.3. The van der Waals surface area contributed by atoms with Crippen molar-refractivity contribution in [1.82, 2.24) is 5.32 Å². The summed E-state index contributed by atoms with van der Waals surface area (Å²) in [6, 6.07) is -0.624. The maximum absolute atomic E-state index is 12.5. The molecule has 0 aliphatic heterocycles. The van der Waals surface area contributed by atoms with Gasteiger partial charge in [-0.05, 0) is 57.8 Å². The molecule has 0 spiro atoms. The first-order chi connectivity index (χ1) is 36.5. The number of aliphatic hydroxyl groups is 2. The van der Waals surface area contributed by atoms with Crippen LogP contribution in [0.3, 0.4) is 0 Å². The molecule has 0 rings (SSSR count). The maximum atomic E-state index is 12.5. The molecule has 0 saturated heterocycles. The number of unbranched alkanes of at least 4 members (excludes halogenated alkanes) is 47. The Balaban J connectivity index is 3.34. The molecule has 0 aliphatic rings. The molecule has 0 saturated carbocycles. The molecule has 0 fully saturated rings. The SMILES string of the molecule is CCCC/C=C\C/C=C\CCCCCCCC(=O)OCCCCCCCCCCCCCCCCCCCCCCCCCCCCCCCCC(=O)NC(CO)C(O)/C=C/CCCCCCCCCCCCC. The lowest BCUT2D eigenvalue weighted by Gasteiger charge is -2.20. The first kappa shape index (κ1) is 72.1. The number of carbonyl (C=O) groups excluding carboxylic acids is 2. The van der Waals surface area contributed by atoms with Gasteiger partial charge in [-0.2, -0.15) is 0 Å². The van der Waals surface area contributed by atoms with Gasteiger partial charge >= 0.3 is 5.97 Å². The zero-order valence-corrected chi connectivity index (χ0v) is 49.8. The van der Waals surface area contributed by atoms with E-state index in [1.165, 1.54) is 283 Å². The highest BCUT2D eigenvalue weighted by Gasteiger charge is 2.18. The van der Waals surface area contributed by atoms with Gasteiger partial charge in [-0.25, -0.2) is 0 Å². The van der Waals surface area contributed by atoms with Gasteiger partial charge in [0, 0.05) is 12.8 Å². The fraction of sp³-hybridized carbons (Fsp3) is 0.882. The standard InChI is InChI=1S/C68H129NO5/c1-3-5-7-9-11-13-15-17-38-42-46-50-54-58-62-68(73)74-63-59-55-51-47-43-39-35-33-31-29-27-25-23-21-19-18-20-22-24-26-28-30-32-34-37-41-45-49-53-57-61-67(72)69-65(64-70)66(71)60-56-52-48-44-40-36-16-14-12-10-8-6-4-2/h9,11,15,17,56,60,65-66,70-71H,3-8,10,12-14,16,18-55,57-59,61-64H2,1-2H3,(H,69,72)/b11-9-,17-15-,60-56+. The number of ether oxygens (including phenoxy) is 1. The van der Waals surface area contributed by atoms with E-state index >= 15 is 0 Å². The van der Waals surface area contributed by atoms with Crippen molar-refractivity contribution in [2.24, 2.45) is 0 Å². The summed E-state index contributed by atoms with van der Waals surface area (Å²) in [7, 11) is 0. The first-order valence-electron chi connectivity index (χ1n) is 33.3. The van der Waals surface area contributed by atoms with E-state index < -0.39 is 12.1 Å². The molecule has 2 unspecified atom stereocenters. The van der Waals surface area contributed by atoms with Crippen LogP contribution < -0.4 is 5.32 Å². The predicted molar refractivity (Wildman–Crippen MR) is 324 cm³/mol. The summed E-state index contributed by atoms with van der Waals surface area (Å²) in [5.41, 5.74) is 0. The van der Waals surface area contributed by atoms with Gasteiger partial charge in [0.2, 0.25) is 5.91 Å². The molecule has 0 bridgehead atoms. The van der Waals surface area contributed by atoms with Crippen molar-refractivity contribution in [2.75, 3.05) is 13.2 Å². The maximum Gasteiger partial charge on any atom is 0.305 e. The highest BCUT2D eigenvalue weighted by atomic mass is 16.5. The lowest BCUT2D eigenvalue weighted by molar-refractivity contribution is -0.143. The number of aliphatic hydroxyl groups excluding tert-OH is 2. The second-order valence-electron chi connectivity index (χ2n) is 22.8. The minimum absolute atomic E-state index is 0.00515. The van der Waals surface area contributed by atoms with Gasteiger partial charge in [-0.3, -0.25) is 9.59 Å². The van der Waals surface area contributed by atoms with Crippen molar-refractivity contribution in [2.45, 2.75) is 373 Å². The van der Waals surface area contributed by atoms with E-state index in [1.54, 1.807) is 6.08 Å². The zero-order chi connectivity index (χ0) is 53.6. The van der Waals surface area contributed by atoms with Gasteiger partial charge in [0.25, 0.3) is 0 Å². The van der Waals surface area contributed by atoms with Crippen LogP contribution >= 0.6 is 0 Å². The number of allylic oxidation sites excluding steroid dienone is 5. The van der Waals surface area contributed by atoms with Crippen LogP contribution in [0, 0.1) is 0 Å². The smallest absolute Gasteiger partial charge is 0.305 e. The Morgan fingerprint density at radius 1 is 0.378 bits per heavy atom. The van der Waals surface area contributed by atoms with Crippen molar-refractivity contribution < 1.29 is 24.5 Å². The molecular weight excluding hydrogens is 911 g/mol. The van der Waals surface area contributed by atoms with Crippen molar-refractivity contribution >= 4 is 11.9 Å². The van der Waals surface area contributed by atoms with E-state index in [1.807, 2.05) is 6.08 Å². The van der Waals surface area contributed by atoms with Gasteiger partial charge in [0.1, 0.15) is 0 Å². The minimum Gasteiger partial charge on any atom is -0.466 e. The van der Waals surface area contributed by atoms with Gasteiger partial charge in [-0.1, -0.05) is 326 Å². The van der Waals surface area contributed by atoms with E-state index in [0.717, 1.165) is 51.4 Å². The number of rotatable bonds is 62. The number of hydrogen-bond donors (Lipinski definition) is 3. The summed E-state index contributed by atoms with van der Waals surface area (Å²) in [4.78, 5) is 24.5. The summed E-state index contributed by atoms with van der Waals surface area (Å²) in [5, 5.41) is 23.1. The molecule has 436 valence electrons. The molecule has 74 heavy (non-hydrogen) atoms. The monoisotopic (exact) mass is 1040 g/mol. The molecule has 0 aromatic heterocycles. The van der Waals surface area contributed by atoms with E-state index in [2.05, 4.69) is 43.5 Å². The third-order valence-electron chi connectivity index (χ3n) is 15.4. The Labute approximate surface area is 462 Å². The van der Waals surface area contributed by atoms with Crippen LogP contribution in [-0.4, -0.2) is 47.4 Å². The van der Waals surface area contributed by atoms with Crippen LogP contribution in [0.1, 0.15) is 361 Å². The lowest BCUT2D eigenvalue weighted by atomic mass is 10.0. The average Bonchev–Trinajstić information content (AvgIpc) is 3.40. The van der Waals surface area contributed by atoms with E-state index in [-0.39, 0.29) is 18.5 Å². The second kappa shape index (κ2) is 63.6. The molecule has 0 aliphatic carbocycles. The largest absolute Gasteiger partial charge is 0.466 e. The van der Waals surface area contributed by atoms with Crippen LogP contribution in [0.25, 0.3) is 0 Å². The Morgan fingerprint density at radius 2 is 0.689 bits per heavy atom. The van der Waals surface area contributed by atoms with Crippen molar-refractivity contribution in [3.8, 4) is 0 Å². The van der Waals surface area contributed by atoms with Crippen LogP contribution in [0.2, 0.25) is 0 Å². The quantitative estimate of drug-likeness (QED) is 0.0320. The van der Waals surface area contributed by atoms with E-state index in [0.29, 0.717) is 19.4 Å². The topological polar surface area (TPSA) is 95.9 Å². The Kier molecular flexibility index (Phi) is 62.0. The average molecular weight is 1040 g/mol. The summed E-state index contributed by atoms with van der Waals surface area (Å²) in [6.07, 6.45) is 80.7. The Hall–Kier alpha value is -1.92. The fourth-order valence-electron chi connectivity index (χ4n) is 10.3. The molecular formula is C68H129NO5. The van der Waals surface area contributed by atoms with Crippen molar-refractivity contribution in [3.05, 3.63) is 36.5 Å². The van der Waals surface area contributed by atoms with Gasteiger partial charge in [0.15, 0.2) is 0 Å². The molecule has 0 aromatic rings. The van der Waals surface area contributed by atoms with Gasteiger partial charge < -0.3 is 20.3 Å². The van der Waals surface area contributed by atoms with Gasteiger partial charge in [-0.15, -0.1) is 0 Å². The highest BCUT2D eigenvalue weighted by Crippen LogP contribution is 2.18. The van der Waals surface area contributed by atoms with E-state index in [4.69, 9.17) is 4.74 Å². The third-order valence-corrected chi connectivity index (χ3v) is 15.4. The summed E-state index contributed by atoms with van der Waals surface area (Å²) in [5.74, 6) is -0.0581. The molecule has 0 aromatic carbocycles. The minimum atomic E-state index is -0.841. The molecule has 1 amide bonds. The first-order valence-corrected chi connectivity index (χ1v) is 33.3. The predicted octanol–water partition coefficient (Wildman–Crippen LogP) is 21.1. The van der Waals surface area contributed by atoms with Gasteiger partial charge in [0.05, 0.1) is 25.4 Å². The normalized spacial score (nSPS) is 12.8. The molecule has 0 radical (unpaired) electrons. The van der Waals surface area contributed by atoms with Crippen molar-refractivity contribution in [3.63, 3.8) is 0 Å². The molecule has 0 heterocycles. The number of esters is 1. The summed E-state index contributed by atoms with van der Waals surface area (Å²) < 4.78 is 5.48. The summed E-state index contributed by atoms with van der Waals surface area (Å²) in [6.45, 7) is 4.87. The molecule has 6 heteroatoms. The molecule has 3 N–H and O–H groups in total. The van der Waals surface area contributed by atoms with Crippen molar-refractivity contribution in [1.29, 1.82) is 0 Å². The Morgan fingerprint density at radius 3 is 1.07 bits per heavy atom. The Bertz CT molecular complexity index is 1200. The number of amides is 1. The second-order valence-corrected chi connectivity index (χ2v) is 22.8. The number of carbonyl (C=O) groups is 2. The van der Waals surface area contributed by atoms with Crippen LogP contribution in [0.15, 0.2) is 36.5 Å². The fourth-order valence-corrected chi connectivity index (χ4v) is 10.3. The van der Waals surface area contributed by atoms with E-state index in [9.17, 15) is 19.8 Å². The lowest BCUT2D eigenvalue weighted by Crippen LogP contribution is -2.45. The molecule has 6 nitrogen and oxygen atoms in total. The number of nitrogens with one attached hydrogen (secondary N) is 1. The highest BCUT2D eigenvalue weighted by molar-refractivity contribution is 5.76. The van der Waals surface area contributed by atoms with Crippen LogP contribution in [0.5, 0.6) is 0 Å². The van der Waals surface area contributed by atoms with Crippen LogP contribution in [-0.2, 0) is 14.3 Å².